The first kappa shape index (κ1) is 15.7. The second-order valence-corrected chi connectivity index (χ2v) is 6.61. The van der Waals surface area contributed by atoms with E-state index in [0.29, 0.717) is 12.8 Å². The zero-order valence-electron chi connectivity index (χ0n) is 11.7. The van der Waals surface area contributed by atoms with Crippen molar-refractivity contribution >= 4 is 22.0 Å². The van der Waals surface area contributed by atoms with E-state index in [9.17, 15) is 18.3 Å². The van der Waals surface area contributed by atoms with Crippen LogP contribution in [-0.4, -0.2) is 39.1 Å². The van der Waals surface area contributed by atoms with Gasteiger partial charge in [0.05, 0.1) is 4.91 Å². The SMILES string of the molecule is CNC(=O)C(O)CNS(=O)(=O)C1=Cc2ccccc2CC1. The van der Waals surface area contributed by atoms with Crippen molar-refractivity contribution in [2.75, 3.05) is 13.6 Å². The summed E-state index contributed by atoms with van der Waals surface area (Å²) in [4.78, 5) is 11.4. The molecular weight excluding hydrogens is 292 g/mol. The van der Waals surface area contributed by atoms with Crippen molar-refractivity contribution < 1.29 is 18.3 Å². The lowest BCUT2D eigenvalue weighted by Crippen LogP contribution is -2.41. The number of allylic oxidation sites excluding steroid dienone is 1. The van der Waals surface area contributed by atoms with Gasteiger partial charge in [-0.1, -0.05) is 24.3 Å². The smallest absolute Gasteiger partial charge is 0.249 e. The highest BCUT2D eigenvalue weighted by molar-refractivity contribution is 7.93. The van der Waals surface area contributed by atoms with Crippen LogP contribution >= 0.6 is 0 Å². The van der Waals surface area contributed by atoms with E-state index in [2.05, 4.69) is 10.0 Å². The van der Waals surface area contributed by atoms with Crippen molar-refractivity contribution in [2.45, 2.75) is 18.9 Å². The van der Waals surface area contributed by atoms with Crippen LogP contribution in [0, 0.1) is 0 Å². The van der Waals surface area contributed by atoms with Crippen molar-refractivity contribution in [3.05, 3.63) is 40.3 Å². The van der Waals surface area contributed by atoms with E-state index in [1.165, 1.54) is 7.05 Å². The molecule has 0 saturated carbocycles. The number of aliphatic hydroxyl groups is 1. The molecule has 0 aromatic heterocycles. The lowest BCUT2D eigenvalue weighted by atomic mass is 9.98. The molecule has 1 aromatic carbocycles. The summed E-state index contributed by atoms with van der Waals surface area (Å²) in [5, 5.41) is 11.7. The Morgan fingerprint density at radius 1 is 1.33 bits per heavy atom. The van der Waals surface area contributed by atoms with Crippen LogP contribution in [0.1, 0.15) is 17.5 Å². The fourth-order valence-corrected chi connectivity index (χ4v) is 3.37. The molecule has 0 spiro atoms. The van der Waals surface area contributed by atoms with Crippen LogP contribution in [0.25, 0.3) is 6.08 Å². The molecular formula is C14H18N2O4S. The number of benzene rings is 1. The van der Waals surface area contributed by atoms with Crippen molar-refractivity contribution in [3.63, 3.8) is 0 Å². The number of hydrogen-bond acceptors (Lipinski definition) is 4. The second-order valence-electron chi connectivity index (χ2n) is 4.79. The monoisotopic (exact) mass is 310 g/mol. The van der Waals surface area contributed by atoms with Gasteiger partial charge in [-0.05, 0) is 30.0 Å². The van der Waals surface area contributed by atoms with Gasteiger partial charge in [-0.2, -0.15) is 0 Å². The van der Waals surface area contributed by atoms with Crippen LogP contribution in [0.15, 0.2) is 29.2 Å². The second kappa shape index (κ2) is 6.38. The molecule has 6 nitrogen and oxygen atoms in total. The third kappa shape index (κ3) is 3.69. The number of rotatable bonds is 5. The molecule has 0 fully saturated rings. The third-order valence-electron chi connectivity index (χ3n) is 3.37. The molecule has 0 aliphatic heterocycles. The molecule has 3 N–H and O–H groups in total. The first-order chi connectivity index (χ1) is 9.94. The lowest BCUT2D eigenvalue weighted by Gasteiger charge is -2.17. The van der Waals surface area contributed by atoms with Crippen LogP contribution in [0.4, 0.5) is 0 Å². The predicted molar refractivity (Wildman–Crippen MR) is 79.7 cm³/mol. The summed E-state index contributed by atoms with van der Waals surface area (Å²) in [7, 11) is -2.32. The Morgan fingerprint density at radius 2 is 2.05 bits per heavy atom. The summed E-state index contributed by atoms with van der Waals surface area (Å²) in [6.07, 6.45) is 1.29. The van der Waals surface area contributed by atoms with Crippen molar-refractivity contribution in [3.8, 4) is 0 Å². The van der Waals surface area contributed by atoms with E-state index in [-0.39, 0.29) is 11.4 Å². The Kier molecular flexibility index (Phi) is 4.76. The summed E-state index contributed by atoms with van der Waals surface area (Å²) in [5.74, 6) is -0.624. The van der Waals surface area contributed by atoms with E-state index < -0.39 is 22.0 Å². The molecule has 0 bridgehead atoms. The summed E-state index contributed by atoms with van der Waals surface area (Å²) < 4.78 is 26.6. The van der Waals surface area contributed by atoms with Gasteiger partial charge in [0, 0.05) is 13.6 Å². The van der Waals surface area contributed by atoms with Gasteiger partial charge in [0.2, 0.25) is 15.9 Å². The maximum absolute atomic E-state index is 12.2. The van der Waals surface area contributed by atoms with E-state index >= 15 is 0 Å². The van der Waals surface area contributed by atoms with Crippen LogP contribution in [0.5, 0.6) is 0 Å². The molecule has 1 amide bonds. The highest BCUT2D eigenvalue weighted by Crippen LogP contribution is 2.26. The van der Waals surface area contributed by atoms with Gasteiger partial charge in [0.1, 0.15) is 6.10 Å². The minimum absolute atomic E-state index is 0.269. The van der Waals surface area contributed by atoms with Gasteiger partial charge in [-0.15, -0.1) is 0 Å². The van der Waals surface area contributed by atoms with Crippen molar-refractivity contribution in [2.24, 2.45) is 0 Å². The molecule has 7 heteroatoms. The number of aliphatic hydroxyl groups excluding tert-OH is 1. The van der Waals surface area contributed by atoms with Gasteiger partial charge in [-0.25, -0.2) is 13.1 Å². The van der Waals surface area contributed by atoms with Gasteiger partial charge in [0.25, 0.3) is 0 Å². The molecule has 0 radical (unpaired) electrons. The molecule has 1 aliphatic rings. The maximum atomic E-state index is 12.2. The maximum Gasteiger partial charge on any atom is 0.249 e. The highest BCUT2D eigenvalue weighted by atomic mass is 32.2. The molecule has 1 aliphatic carbocycles. The largest absolute Gasteiger partial charge is 0.382 e. The Morgan fingerprint density at radius 3 is 2.76 bits per heavy atom. The van der Waals surface area contributed by atoms with Gasteiger partial charge in [0.15, 0.2) is 0 Å². The molecule has 114 valence electrons. The van der Waals surface area contributed by atoms with Crippen molar-refractivity contribution in [1.29, 1.82) is 0 Å². The number of fused-ring (bicyclic) bond motifs is 1. The number of hydrogen-bond donors (Lipinski definition) is 3. The molecule has 1 aromatic rings. The van der Waals surface area contributed by atoms with E-state index in [1.807, 2.05) is 24.3 Å². The Labute approximate surface area is 123 Å². The van der Waals surface area contributed by atoms with Gasteiger partial charge >= 0.3 is 0 Å². The number of carbonyl (C=O) groups excluding carboxylic acids is 1. The summed E-state index contributed by atoms with van der Waals surface area (Å²) in [5.41, 5.74) is 2.00. The average Bonchev–Trinajstić information content (AvgIpc) is 2.51. The number of amides is 1. The first-order valence-electron chi connectivity index (χ1n) is 6.62. The zero-order valence-corrected chi connectivity index (χ0v) is 12.5. The third-order valence-corrected chi connectivity index (χ3v) is 4.93. The molecule has 1 unspecified atom stereocenters. The average molecular weight is 310 g/mol. The van der Waals surface area contributed by atoms with Gasteiger partial charge < -0.3 is 10.4 Å². The first-order valence-corrected chi connectivity index (χ1v) is 8.10. The molecule has 21 heavy (non-hydrogen) atoms. The van der Waals surface area contributed by atoms with Crippen LogP contribution in [-0.2, 0) is 21.2 Å². The molecule has 0 saturated heterocycles. The fraction of sp³-hybridized carbons (Fsp3) is 0.357. The zero-order chi connectivity index (χ0) is 15.5. The quantitative estimate of drug-likeness (QED) is 0.713. The number of carbonyl (C=O) groups is 1. The summed E-state index contributed by atoms with van der Waals surface area (Å²) in [6.45, 7) is -0.346. The molecule has 0 heterocycles. The topological polar surface area (TPSA) is 95.5 Å². The number of nitrogens with one attached hydrogen (secondary N) is 2. The fourth-order valence-electron chi connectivity index (χ4n) is 2.16. The number of sulfonamides is 1. The van der Waals surface area contributed by atoms with Crippen LogP contribution < -0.4 is 10.0 Å². The van der Waals surface area contributed by atoms with Crippen molar-refractivity contribution in [1.82, 2.24) is 10.0 Å². The van der Waals surface area contributed by atoms with E-state index in [4.69, 9.17) is 0 Å². The highest BCUT2D eigenvalue weighted by Gasteiger charge is 2.23. The molecule has 1 atom stereocenters. The normalized spacial score (nSPS) is 15.8. The Bertz CT molecular complexity index is 667. The summed E-state index contributed by atoms with van der Waals surface area (Å²) >= 11 is 0. The Hall–Kier alpha value is -1.70. The van der Waals surface area contributed by atoms with Gasteiger partial charge in [-0.3, -0.25) is 4.79 Å². The standard InChI is InChI=1S/C14H18N2O4S/c1-15-14(18)13(17)9-16-21(19,20)12-7-6-10-4-2-3-5-11(10)8-12/h2-5,8,13,16-17H,6-7,9H2,1H3,(H,15,18). The Balaban J connectivity index is 2.11. The van der Waals surface area contributed by atoms with E-state index in [0.717, 1.165) is 11.1 Å². The van der Waals surface area contributed by atoms with E-state index in [1.54, 1.807) is 6.08 Å². The molecule has 2 rings (SSSR count). The predicted octanol–water partition coefficient (Wildman–Crippen LogP) is 0.000000000000000222. The number of aryl methyl sites for hydroxylation is 1. The minimum atomic E-state index is -3.69. The summed E-state index contributed by atoms with van der Waals surface area (Å²) in [6, 6.07) is 7.61. The minimum Gasteiger partial charge on any atom is -0.382 e. The number of likely N-dealkylation sites (N-methyl/N-ethyl adjacent to an activating group) is 1. The lowest BCUT2D eigenvalue weighted by molar-refractivity contribution is -0.128. The van der Waals surface area contributed by atoms with Crippen LogP contribution in [0.3, 0.4) is 0 Å². The van der Waals surface area contributed by atoms with Crippen LogP contribution in [0.2, 0.25) is 0 Å².